The molecule has 1 unspecified atom stereocenters. The zero-order valence-electron chi connectivity index (χ0n) is 9.15. The second-order valence-electron chi connectivity index (χ2n) is 4.13. The summed E-state index contributed by atoms with van der Waals surface area (Å²) in [4.78, 5) is 0. The van der Waals surface area contributed by atoms with Gasteiger partial charge < -0.3 is 10.5 Å². The Hall–Kier alpha value is -0.590. The summed E-state index contributed by atoms with van der Waals surface area (Å²) in [5.74, 6) is 1.01. The van der Waals surface area contributed by atoms with E-state index in [1.165, 1.54) is 19.6 Å². The molecule has 2 aromatic rings. The molecular formula is C13H12INOS. The van der Waals surface area contributed by atoms with Crippen LogP contribution in [0.5, 0.6) is 5.75 Å². The molecule has 0 radical (unpaired) electrons. The van der Waals surface area contributed by atoms with Crippen molar-refractivity contribution in [2.45, 2.75) is 12.5 Å². The van der Waals surface area contributed by atoms with Gasteiger partial charge in [-0.15, -0.1) is 11.3 Å². The lowest BCUT2D eigenvalue weighted by Gasteiger charge is -2.11. The van der Waals surface area contributed by atoms with Gasteiger partial charge in [0, 0.05) is 6.42 Å². The first-order valence-electron chi connectivity index (χ1n) is 5.49. The molecule has 0 saturated heterocycles. The van der Waals surface area contributed by atoms with E-state index in [-0.39, 0.29) is 6.04 Å². The van der Waals surface area contributed by atoms with Crippen molar-refractivity contribution in [2.75, 3.05) is 6.61 Å². The van der Waals surface area contributed by atoms with E-state index in [1.807, 2.05) is 6.07 Å². The van der Waals surface area contributed by atoms with E-state index >= 15 is 0 Å². The van der Waals surface area contributed by atoms with Gasteiger partial charge in [0.25, 0.3) is 0 Å². The minimum absolute atomic E-state index is 0.0272. The van der Waals surface area contributed by atoms with E-state index in [0.29, 0.717) is 0 Å². The summed E-state index contributed by atoms with van der Waals surface area (Å²) in [6, 6.07) is 8.41. The number of benzene rings is 1. The highest BCUT2D eigenvalue weighted by Crippen LogP contribution is 2.31. The summed E-state index contributed by atoms with van der Waals surface area (Å²) < 4.78 is 6.78. The molecule has 0 bridgehead atoms. The number of nitrogens with two attached hydrogens (primary N) is 1. The Bertz CT molecular complexity index is 552. The molecule has 0 saturated carbocycles. The number of thiophene rings is 1. The van der Waals surface area contributed by atoms with Crippen LogP contribution in [0.2, 0.25) is 0 Å². The van der Waals surface area contributed by atoms with Crippen molar-refractivity contribution >= 4 is 33.9 Å². The van der Waals surface area contributed by atoms with Crippen LogP contribution in [0.15, 0.2) is 29.6 Å². The fourth-order valence-corrected chi connectivity index (χ4v) is 3.49. The Morgan fingerprint density at radius 1 is 1.29 bits per heavy atom. The molecule has 4 heteroatoms. The average molecular weight is 357 g/mol. The minimum Gasteiger partial charge on any atom is -0.493 e. The van der Waals surface area contributed by atoms with Gasteiger partial charge in [0.1, 0.15) is 5.75 Å². The summed E-state index contributed by atoms with van der Waals surface area (Å²) in [7, 11) is 0. The van der Waals surface area contributed by atoms with Gasteiger partial charge in [0.15, 0.2) is 0 Å². The van der Waals surface area contributed by atoms with E-state index in [1.54, 1.807) is 11.3 Å². The SMILES string of the molecule is NC(c1csc(I)c1)c1ccc2c(c1)CCO2. The Morgan fingerprint density at radius 3 is 2.94 bits per heavy atom. The third-order valence-corrected chi connectivity index (χ3v) is 4.83. The first-order chi connectivity index (χ1) is 8.24. The highest BCUT2D eigenvalue weighted by molar-refractivity contribution is 14.1. The standard InChI is InChI=1S/C13H12INOS/c14-12-6-10(7-17-12)13(15)9-1-2-11-8(5-9)3-4-16-11/h1-2,5-7,13H,3-4,15H2. The number of hydrogen-bond acceptors (Lipinski definition) is 3. The van der Waals surface area contributed by atoms with Crippen LogP contribution in [-0.4, -0.2) is 6.61 Å². The van der Waals surface area contributed by atoms with Crippen molar-refractivity contribution in [2.24, 2.45) is 5.73 Å². The monoisotopic (exact) mass is 357 g/mol. The molecule has 0 amide bonds. The number of ether oxygens (including phenoxy) is 1. The second-order valence-corrected chi connectivity index (χ2v) is 6.93. The molecule has 1 aliphatic heterocycles. The Morgan fingerprint density at radius 2 is 2.18 bits per heavy atom. The molecule has 88 valence electrons. The van der Waals surface area contributed by atoms with E-state index in [2.05, 4.69) is 46.2 Å². The first-order valence-corrected chi connectivity index (χ1v) is 7.45. The van der Waals surface area contributed by atoms with Crippen molar-refractivity contribution < 1.29 is 4.74 Å². The predicted molar refractivity (Wildman–Crippen MR) is 78.7 cm³/mol. The molecule has 2 heterocycles. The number of fused-ring (bicyclic) bond motifs is 1. The molecule has 3 rings (SSSR count). The second kappa shape index (κ2) is 4.59. The average Bonchev–Trinajstić information content (AvgIpc) is 2.95. The maximum Gasteiger partial charge on any atom is 0.122 e. The van der Waals surface area contributed by atoms with Gasteiger partial charge in [-0.3, -0.25) is 0 Å². The van der Waals surface area contributed by atoms with Crippen LogP contribution in [0.1, 0.15) is 22.7 Å². The van der Waals surface area contributed by atoms with Crippen LogP contribution < -0.4 is 10.5 Å². The molecule has 2 nitrogen and oxygen atoms in total. The largest absolute Gasteiger partial charge is 0.493 e. The third kappa shape index (κ3) is 2.21. The summed E-state index contributed by atoms with van der Waals surface area (Å²) >= 11 is 4.06. The number of hydrogen-bond donors (Lipinski definition) is 1. The van der Waals surface area contributed by atoms with Crippen molar-refractivity contribution in [3.05, 3.63) is 49.2 Å². The molecule has 1 aromatic carbocycles. The zero-order valence-corrected chi connectivity index (χ0v) is 12.1. The molecule has 0 spiro atoms. The van der Waals surface area contributed by atoms with Crippen LogP contribution in [0.4, 0.5) is 0 Å². The Labute approximate surface area is 118 Å². The van der Waals surface area contributed by atoms with Crippen molar-refractivity contribution in [3.8, 4) is 5.75 Å². The molecular weight excluding hydrogens is 345 g/mol. The van der Waals surface area contributed by atoms with E-state index in [0.717, 1.165) is 18.8 Å². The van der Waals surface area contributed by atoms with Gasteiger partial charge in [-0.25, -0.2) is 0 Å². The number of halogens is 1. The van der Waals surface area contributed by atoms with Crippen LogP contribution in [0.25, 0.3) is 0 Å². The highest BCUT2D eigenvalue weighted by Gasteiger charge is 2.16. The number of rotatable bonds is 2. The molecule has 0 fully saturated rings. The Kier molecular flexibility index (Phi) is 3.10. The minimum atomic E-state index is -0.0272. The van der Waals surface area contributed by atoms with Crippen LogP contribution in [-0.2, 0) is 6.42 Å². The van der Waals surface area contributed by atoms with Crippen molar-refractivity contribution in [1.82, 2.24) is 0 Å². The maximum atomic E-state index is 6.29. The topological polar surface area (TPSA) is 35.2 Å². The van der Waals surface area contributed by atoms with Crippen molar-refractivity contribution in [1.29, 1.82) is 0 Å². The van der Waals surface area contributed by atoms with Gasteiger partial charge in [-0.2, -0.15) is 0 Å². The molecule has 1 aromatic heterocycles. The van der Waals surface area contributed by atoms with Crippen molar-refractivity contribution in [3.63, 3.8) is 0 Å². The molecule has 1 atom stereocenters. The van der Waals surface area contributed by atoms with Crippen LogP contribution in [0, 0.1) is 2.88 Å². The summed E-state index contributed by atoms with van der Waals surface area (Å²) in [5.41, 5.74) is 9.93. The third-order valence-electron chi connectivity index (χ3n) is 3.02. The summed E-state index contributed by atoms with van der Waals surface area (Å²) in [6.45, 7) is 0.796. The maximum absolute atomic E-state index is 6.29. The zero-order chi connectivity index (χ0) is 11.8. The Balaban J connectivity index is 1.94. The fourth-order valence-electron chi connectivity index (χ4n) is 2.08. The van der Waals surface area contributed by atoms with E-state index < -0.39 is 0 Å². The quantitative estimate of drug-likeness (QED) is 0.837. The fraction of sp³-hybridized carbons (Fsp3) is 0.231. The first kappa shape index (κ1) is 11.5. The van der Waals surface area contributed by atoms with E-state index in [9.17, 15) is 0 Å². The van der Waals surface area contributed by atoms with Crippen LogP contribution in [0.3, 0.4) is 0 Å². The lowest BCUT2D eigenvalue weighted by atomic mass is 9.99. The normalized spacial score (nSPS) is 15.4. The molecule has 0 aliphatic carbocycles. The molecule has 17 heavy (non-hydrogen) atoms. The lowest BCUT2D eigenvalue weighted by molar-refractivity contribution is 0.357. The lowest BCUT2D eigenvalue weighted by Crippen LogP contribution is -2.10. The molecule has 2 N–H and O–H groups in total. The van der Waals surface area contributed by atoms with Crippen LogP contribution >= 0.6 is 33.9 Å². The summed E-state index contributed by atoms with van der Waals surface area (Å²) in [6.07, 6.45) is 0.997. The molecule has 1 aliphatic rings. The van der Waals surface area contributed by atoms with E-state index in [4.69, 9.17) is 10.5 Å². The predicted octanol–water partition coefficient (Wildman–Crippen LogP) is 3.34. The van der Waals surface area contributed by atoms with Gasteiger partial charge >= 0.3 is 0 Å². The van der Waals surface area contributed by atoms with Gasteiger partial charge in [-0.05, 0) is 56.8 Å². The van der Waals surface area contributed by atoms with Gasteiger partial charge in [-0.1, -0.05) is 12.1 Å². The highest BCUT2D eigenvalue weighted by atomic mass is 127. The van der Waals surface area contributed by atoms with Gasteiger partial charge in [0.2, 0.25) is 0 Å². The van der Waals surface area contributed by atoms with Gasteiger partial charge in [0.05, 0.1) is 15.5 Å². The smallest absolute Gasteiger partial charge is 0.122 e. The summed E-state index contributed by atoms with van der Waals surface area (Å²) in [5, 5.41) is 2.14.